The Morgan fingerprint density at radius 2 is 1.96 bits per heavy atom. The van der Waals surface area contributed by atoms with Crippen molar-refractivity contribution in [1.29, 1.82) is 0 Å². The van der Waals surface area contributed by atoms with Gasteiger partial charge in [-0.1, -0.05) is 18.2 Å². The van der Waals surface area contributed by atoms with Gasteiger partial charge in [-0.25, -0.2) is 10.5 Å². The Bertz CT molecular complexity index is 911. The number of hydrogen-bond acceptors (Lipinski definition) is 6. The number of hydrazine groups is 1. The van der Waals surface area contributed by atoms with E-state index in [0.29, 0.717) is 30.3 Å². The van der Waals surface area contributed by atoms with Crippen LogP contribution in [0, 0.1) is 5.92 Å². The molecule has 3 unspecified atom stereocenters. The number of benzene rings is 1. The zero-order valence-electron chi connectivity index (χ0n) is 13.2. The molecule has 0 saturated carbocycles. The summed E-state index contributed by atoms with van der Waals surface area (Å²) < 4.78 is 0. The number of aliphatic carboxylic acids is 1. The quantitative estimate of drug-likeness (QED) is 0.568. The fourth-order valence-corrected chi connectivity index (χ4v) is 3.66. The summed E-state index contributed by atoms with van der Waals surface area (Å²) in [4.78, 5) is 37.8. The van der Waals surface area contributed by atoms with E-state index in [2.05, 4.69) is 21.0 Å². The number of carbonyl (C=O) groups excluding carboxylic acids is 1. The highest BCUT2D eigenvalue weighted by Gasteiger charge is 2.44. The number of fused-ring (bicyclic) bond motifs is 2. The number of rotatable bonds is 2. The van der Waals surface area contributed by atoms with Crippen molar-refractivity contribution in [2.45, 2.75) is 18.5 Å². The van der Waals surface area contributed by atoms with Crippen LogP contribution >= 0.6 is 0 Å². The van der Waals surface area contributed by atoms with E-state index in [1.165, 1.54) is 0 Å². The van der Waals surface area contributed by atoms with Gasteiger partial charge in [0.1, 0.15) is 6.04 Å². The number of aromatic nitrogens is 2. The van der Waals surface area contributed by atoms with Crippen LogP contribution < -0.4 is 16.4 Å². The fourth-order valence-electron chi connectivity index (χ4n) is 3.66. The molecule has 0 radical (unpaired) electrons. The van der Waals surface area contributed by atoms with Crippen molar-refractivity contribution < 1.29 is 14.7 Å². The Morgan fingerprint density at radius 3 is 2.72 bits per heavy atom. The van der Waals surface area contributed by atoms with E-state index < -0.39 is 12.0 Å². The lowest BCUT2D eigenvalue weighted by atomic mass is 9.88. The molecule has 2 saturated heterocycles. The molecule has 2 fully saturated rings. The zero-order valence-corrected chi connectivity index (χ0v) is 13.2. The topological polar surface area (TPSA) is 127 Å². The summed E-state index contributed by atoms with van der Waals surface area (Å²) in [6.45, 7) is 0.811. The fraction of sp³-hybridized carbons (Fsp3) is 0.375. The smallest absolute Gasteiger partial charge is 0.322 e. The van der Waals surface area contributed by atoms with Gasteiger partial charge >= 0.3 is 5.97 Å². The standard InChI is InChI=1S/C16H17N5O4/c22-14-9-4-2-1-3-8(9)12(18-20-14)15(23)21-6-5-11-10(7-21)13(16(24)25)19-17-11/h1-4,10-11,13,17,19H,5-7H2,(H,20,22)(H,24,25). The molecule has 9 nitrogen and oxygen atoms in total. The number of carboxylic acids is 1. The van der Waals surface area contributed by atoms with Crippen molar-refractivity contribution in [2.24, 2.45) is 5.92 Å². The van der Waals surface area contributed by atoms with Crippen LogP contribution in [0.5, 0.6) is 0 Å². The van der Waals surface area contributed by atoms with E-state index in [1.807, 2.05) is 0 Å². The summed E-state index contributed by atoms with van der Waals surface area (Å²) in [6, 6.07) is 6.09. The SMILES string of the molecule is O=C(O)C1NNC2CCN(C(=O)c3n[nH]c(=O)c4ccccc34)CC21. The lowest BCUT2D eigenvalue weighted by molar-refractivity contribution is -0.140. The van der Waals surface area contributed by atoms with Crippen molar-refractivity contribution in [2.75, 3.05) is 13.1 Å². The Balaban J connectivity index is 1.65. The molecule has 4 N–H and O–H groups in total. The van der Waals surface area contributed by atoms with E-state index in [1.54, 1.807) is 29.2 Å². The zero-order chi connectivity index (χ0) is 17.6. The lowest BCUT2D eigenvalue weighted by Crippen LogP contribution is -2.50. The number of piperidine rings is 1. The molecule has 0 aliphatic carbocycles. The van der Waals surface area contributed by atoms with E-state index in [4.69, 9.17) is 0 Å². The summed E-state index contributed by atoms with van der Waals surface area (Å²) >= 11 is 0. The first kappa shape index (κ1) is 15.7. The molecule has 3 atom stereocenters. The minimum Gasteiger partial charge on any atom is -0.480 e. The Morgan fingerprint density at radius 1 is 1.20 bits per heavy atom. The summed E-state index contributed by atoms with van der Waals surface area (Å²) in [5.74, 6) is -1.46. The Kier molecular flexibility index (Phi) is 3.74. The number of aromatic amines is 1. The van der Waals surface area contributed by atoms with Crippen LogP contribution in [0.1, 0.15) is 16.9 Å². The van der Waals surface area contributed by atoms with Gasteiger partial charge in [0, 0.05) is 30.4 Å². The summed E-state index contributed by atoms with van der Waals surface area (Å²) in [6.07, 6.45) is 0.647. The number of nitrogens with zero attached hydrogens (tertiary/aromatic N) is 2. The molecular formula is C16H17N5O4. The molecule has 0 spiro atoms. The van der Waals surface area contributed by atoms with Crippen LogP contribution in [0.4, 0.5) is 0 Å². The highest BCUT2D eigenvalue weighted by atomic mass is 16.4. The largest absolute Gasteiger partial charge is 0.480 e. The van der Waals surface area contributed by atoms with Gasteiger partial charge < -0.3 is 10.0 Å². The van der Waals surface area contributed by atoms with Gasteiger partial charge in [0.15, 0.2) is 5.69 Å². The van der Waals surface area contributed by atoms with Crippen LogP contribution in [0.2, 0.25) is 0 Å². The van der Waals surface area contributed by atoms with Crippen molar-refractivity contribution in [3.8, 4) is 0 Å². The first-order chi connectivity index (χ1) is 12.1. The average Bonchev–Trinajstić information content (AvgIpc) is 3.05. The molecular weight excluding hydrogens is 326 g/mol. The van der Waals surface area contributed by atoms with Crippen molar-refractivity contribution in [3.63, 3.8) is 0 Å². The summed E-state index contributed by atoms with van der Waals surface area (Å²) in [5, 5.41) is 16.5. The third kappa shape index (κ3) is 2.57. The molecule has 25 heavy (non-hydrogen) atoms. The predicted octanol–water partition coefficient (Wildman–Crippen LogP) is -0.685. The van der Waals surface area contributed by atoms with Crippen LogP contribution in [-0.4, -0.2) is 57.3 Å². The van der Waals surface area contributed by atoms with E-state index in [9.17, 15) is 19.5 Å². The van der Waals surface area contributed by atoms with Crippen molar-refractivity contribution >= 4 is 22.6 Å². The number of nitrogens with one attached hydrogen (secondary N) is 3. The summed E-state index contributed by atoms with van der Waals surface area (Å²) in [7, 11) is 0. The number of hydrogen-bond donors (Lipinski definition) is 4. The van der Waals surface area contributed by atoms with Crippen molar-refractivity contribution in [3.05, 3.63) is 40.3 Å². The first-order valence-corrected chi connectivity index (χ1v) is 8.07. The molecule has 2 aliphatic heterocycles. The molecule has 1 amide bonds. The molecule has 3 heterocycles. The van der Waals surface area contributed by atoms with Gasteiger partial charge in [-0.3, -0.25) is 19.8 Å². The predicted molar refractivity (Wildman–Crippen MR) is 87.9 cm³/mol. The van der Waals surface area contributed by atoms with Gasteiger partial charge in [-0.05, 0) is 12.5 Å². The molecule has 9 heteroatoms. The minimum absolute atomic E-state index is 0.0189. The van der Waals surface area contributed by atoms with Crippen LogP contribution in [-0.2, 0) is 4.79 Å². The number of carboxylic acid groups (broad SMARTS) is 1. The van der Waals surface area contributed by atoms with Crippen LogP contribution in [0.25, 0.3) is 10.8 Å². The monoisotopic (exact) mass is 343 g/mol. The van der Waals surface area contributed by atoms with Gasteiger partial charge in [-0.15, -0.1) is 0 Å². The average molecular weight is 343 g/mol. The molecule has 4 rings (SSSR count). The van der Waals surface area contributed by atoms with Crippen molar-refractivity contribution in [1.82, 2.24) is 25.9 Å². The normalized spacial score (nSPS) is 25.8. The molecule has 2 aromatic rings. The first-order valence-electron chi connectivity index (χ1n) is 8.07. The second kappa shape index (κ2) is 5.94. The number of carbonyl (C=O) groups is 2. The lowest BCUT2D eigenvalue weighted by Gasteiger charge is -2.35. The second-order valence-electron chi connectivity index (χ2n) is 6.36. The van der Waals surface area contributed by atoms with Gasteiger partial charge in [0.2, 0.25) is 0 Å². The van der Waals surface area contributed by atoms with E-state index in [-0.39, 0.29) is 29.1 Å². The highest BCUT2D eigenvalue weighted by molar-refractivity contribution is 6.04. The molecule has 1 aromatic carbocycles. The summed E-state index contributed by atoms with van der Waals surface area (Å²) in [5.41, 5.74) is 5.61. The molecule has 2 aliphatic rings. The van der Waals surface area contributed by atoms with Gasteiger partial charge in [0.05, 0.1) is 5.39 Å². The number of likely N-dealkylation sites (tertiary alicyclic amines) is 1. The third-order valence-electron chi connectivity index (χ3n) is 4.96. The number of amides is 1. The van der Waals surface area contributed by atoms with E-state index in [0.717, 1.165) is 0 Å². The van der Waals surface area contributed by atoms with E-state index >= 15 is 0 Å². The number of H-pyrrole nitrogens is 1. The maximum absolute atomic E-state index is 12.9. The van der Waals surface area contributed by atoms with Gasteiger partial charge in [-0.2, -0.15) is 5.10 Å². The van der Waals surface area contributed by atoms with Gasteiger partial charge in [0.25, 0.3) is 11.5 Å². The Labute approximate surface area is 142 Å². The molecule has 130 valence electrons. The maximum Gasteiger partial charge on any atom is 0.322 e. The Hall–Kier alpha value is -2.78. The maximum atomic E-state index is 12.9. The third-order valence-corrected chi connectivity index (χ3v) is 4.96. The van der Waals surface area contributed by atoms with Crippen LogP contribution in [0.3, 0.4) is 0 Å². The molecule has 0 bridgehead atoms. The van der Waals surface area contributed by atoms with Crippen LogP contribution in [0.15, 0.2) is 29.1 Å². The highest BCUT2D eigenvalue weighted by Crippen LogP contribution is 2.26. The molecule has 1 aromatic heterocycles. The second-order valence-corrected chi connectivity index (χ2v) is 6.36. The minimum atomic E-state index is -0.943.